The molecule has 149 heavy (non-hydrogen) atoms. The summed E-state index contributed by atoms with van der Waals surface area (Å²) in [5.74, 6) is -13.6. The first kappa shape index (κ1) is 125. The predicted octanol–water partition coefficient (Wildman–Crippen LogP) is 2.56. The molecule has 1 unspecified atom stereocenters. The number of hydrogen-bond acceptors (Lipinski definition) is 25. The predicted molar refractivity (Wildman–Crippen MR) is 567 cm³/mol. The summed E-state index contributed by atoms with van der Waals surface area (Å²) in [6.07, 6.45) is 1.58. The van der Waals surface area contributed by atoms with Gasteiger partial charge in [-0.15, -0.1) is 0 Å². The van der Waals surface area contributed by atoms with Gasteiger partial charge in [-0.3, -0.25) is 81.5 Å². The van der Waals surface area contributed by atoms with E-state index in [-0.39, 0.29) is 222 Å². The number of ketones is 2. The number of carbonyl (C=O) groups excluding carboxylic acids is 18. The molecule has 1 aliphatic carbocycles. The van der Waals surface area contributed by atoms with Gasteiger partial charge in [-0.2, -0.15) is 0 Å². The van der Waals surface area contributed by atoms with Crippen LogP contribution in [0.4, 0.5) is 4.79 Å². The molecule has 4 aromatic carbocycles. The molecule has 2 heterocycles. The van der Waals surface area contributed by atoms with Crippen molar-refractivity contribution in [3.63, 3.8) is 0 Å². The molecule has 41 nitrogen and oxygen atoms in total. The molecule has 17 atom stereocenters. The first-order valence-corrected chi connectivity index (χ1v) is 53.1. The molecule has 2 saturated heterocycles. The molecule has 0 radical (unpaired) electrons. The average molecular weight is 2080 g/mol. The van der Waals surface area contributed by atoms with Crippen LogP contribution in [-0.2, 0) is 99.1 Å². The van der Waals surface area contributed by atoms with Gasteiger partial charge in [-0.25, -0.2) is 4.79 Å². The first-order valence-electron chi connectivity index (χ1n) is 53.1. The molecule has 41 heteroatoms. The van der Waals surface area contributed by atoms with Crippen LogP contribution in [0.3, 0.4) is 0 Å². The minimum Gasteiger partial charge on any atom is -0.449 e. The molecule has 7 rings (SSSR count). The maximum atomic E-state index is 14.5. The number of nitrogens with one attached hydrogen (secondary N) is 16. The molecule has 0 bridgehead atoms. The number of rotatable bonds is 40. The van der Waals surface area contributed by atoms with Gasteiger partial charge in [0.15, 0.2) is 11.6 Å². The topological polar surface area (TPSA) is 665 Å². The Kier molecular flexibility index (Phi) is 55.3. The third-order valence-electron chi connectivity index (χ3n) is 26.4. The summed E-state index contributed by atoms with van der Waals surface area (Å²) in [6.45, 7) is 21.9. The van der Waals surface area contributed by atoms with Crippen molar-refractivity contribution < 1.29 is 91.0 Å². The largest absolute Gasteiger partial charge is 0.449 e. The van der Waals surface area contributed by atoms with Gasteiger partial charge in [0.2, 0.25) is 88.6 Å². The SMILES string of the molecule is CCC[C@@H]1NC(=O)[C@H](CCN)NC(=O)[C@@H](Cc2ccccc2)CC(=O)[C@H](CC(C)C)NC(=O)[C@H](CCN)NC(=O)[C@@H](NC(=O)[C@@H](CCN)NC(=O)CCC(C)CC)CCNC(=O)[C@H](CC(C)C)NC1=O.CCC[C@@H]1NC(=O)[C@H](CCN)NC(=O)[C@@H](Cc2ccccc2)CC(=O)[C@H](CC(C)C)NC(=O)[C@H](CCN)NC(=O)[C@@H](NC(=O)[C@@H](CCN)NC(=O)OCC2c3ccccc3-c3ccccc32)CCNC(=O)[C@H](CC(C)C)NC1=O. The van der Waals surface area contributed by atoms with Crippen molar-refractivity contribution in [2.24, 2.45) is 75.8 Å². The fraction of sp³-hybridized carbons (Fsp3) is 0.611. The highest BCUT2D eigenvalue weighted by molar-refractivity contribution is 6.01. The van der Waals surface area contributed by atoms with Crippen LogP contribution in [0.15, 0.2) is 109 Å². The molecule has 0 aromatic heterocycles. The number of benzene rings is 4. The van der Waals surface area contributed by atoms with E-state index >= 15 is 0 Å². The van der Waals surface area contributed by atoms with Crippen molar-refractivity contribution in [1.29, 1.82) is 0 Å². The molecule has 824 valence electrons. The third-order valence-corrected chi connectivity index (χ3v) is 26.4. The van der Waals surface area contributed by atoms with Crippen molar-refractivity contribution in [2.45, 2.75) is 321 Å². The van der Waals surface area contributed by atoms with E-state index in [1.165, 1.54) is 0 Å². The summed E-state index contributed by atoms with van der Waals surface area (Å²) in [5.41, 5.74) is 41.2. The third kappa shape index (κ3) is 42.7. The molecule has 16 amide bonds. The molecular formula is C108H168N22O19. The maximum Gasteiger partial charge on any atom is 0.407 e. The number of ether oxygens (including phenoxy) is 1. The van der Waals surface area contributed by atoms with Gasteiger partial charge in [0.25, 0.3) is 0 Å². The number of fused-ring (bicyclic) bond motifs is 3. The van der Waals surface area contributed by atoms with E-state index in [0.29, 0.717) is 19.3 Å². The quantitative estimate of drug-likeness (QED) is 0.0304. The van der Waals surface area contributed by atoms with Crippen LogP contribution < -0.4 is 119 Å². The van der Waals surface area contributed by atoms with Crippen LogP contribution >= 0.6 is 0 Å². The van der Waals surface area contributed by atoms with E-state index in [1.807, 2.05) is 144 Å². The van der Waals surface area contributed by atoms with Crippen LogP contribution in [0.2, 0.25) is 0 Å². The van der Waals surface area contributed by atoms with Gasteiger partial charge in [0.05, 0.1) is 12.1 Å². The molecule has 4 aromatic rings. The Morgan fingerprint density at radius 3 is 0.993 bits per heavy atom. The lowest BCUT2D eigenvalue weighted by Crippen LogP contribution is -2.59. The zero-order valence-corrected chi connectivity index (χ0v) is 88.9. The fourth-order valence-corrected chi connectivity index (χ4v) is 18.1. The molecule has 2 fully saturated rings. The molecule has 0 saturated carbocycles. The first-order chi connectivity index (χ1) is 71.1. The smallest absolute Gasteiger partial charge is 0.407 e. The van der Waals surface area contributed by atoms with Crippen molar-refractivity contribution in [1.82, 2.24) is 85.1 Å². The van der Waals surface area contributed by atoms with Crippen molar-refractivity contribution >= 4 is 106 Å². The van der Waals surface area contributed by atoms with E-state index in [2.05, 4.69) is 85.1 Å². The van der Waals surface area contributed by atoms with Gasteiger partial charge in [-0.05, 0) is 211 Å². The number of hydrogen-bond donors (Lipinski definition) is 22. The summed E-state index contributed by atoms with van der Waals surface area (Å²) < 4.78 is 5.74. The normalized spacial score (nSPS) is 23.1. The number of alkyl carbamates (subject to hydrolysis) is 1. The average Bonchev–Trinajstić information content (AvgIpc) is 1.61. The van der Waals surface area contributed by atoms with E-state index in [1.54, 1.807) is 48.5 Å². The number of amides is 16. The van der Waals surface area contributed by atoms with Crippen LogP contribution in [-0.4, -0.2) is 250 Å². The Morgan fingerprint density at radius 2 is 0.658 bits per heavy atom. The van der Waals surface area contributed by atoms with Gasteiger partial charge in [0, 0.05) is 50.1 Å². The lowest BCUT2D eigenvalue weighted by molar-refractivity contribution is -0.136. The van der Waals surface area contributed by atoms with Crippen LogP contribution in [0.25, 0.3) is 11.1 Å². The molecular weight excluding hydrogens is 1910 g/mol. The summed E-state index contributed by atoms with van der Waals surface area (Å²) in [5, 5.41) is 43.9. The van der Waals surface area contributed by atoms with Gasteiger partial charge in [0.1, 0.15) is 79.1 Å². The number of Topliss-reactive ketones (excluding diaryl/α,β-unsaturated/α-hetero) is 2. The highest BCUT2D eigenvalue weighted by Crippen LogP contribution is 2.45. The molecule has 3 aliphatic rings. The second-order valence-corrected chi connectivity index (χ2v) is 40.8. The van der Waals surface area contributed by atoms with Crippen LogP contribution in [0, 0.1) is 41.4 Å². The summed E-state index contributed by atoms with van der Waals surface area (Å²) >= 11 is 0. The summed E-state index contributed by atoms with van der Waals surface area (Å²) in [6, 6.07) is 16.7. The second-order valence-electron chi connectivity index (χ2n) is 40.8. The van der Waals surface area contributed by atoms with Crippen molar-refractivity contribution in [2.75, 3.05) is 59.0 Å². The van der Waals surface area contributed by atoms with Crippen LogP contribution in [0.1, 0.15) is 246 Å². The zero-order chi connectivity index (χ0) is 110. The minimum absolute atomic E-state index is 0.00117. The molecule has 28 N–H and O–H groups in total. The number of nitrogens with two attached hydrogens (primary N) is 6. The Labute approximate surface area is 876 Å². The Morgan fingerprint density at radius 1 is 0.349 bits per heavy atom. The standard InChI is InChI=1S/C58H83N11O10.C50H85N11O9/c1-6-14-43-53(73)68-49(30-35(4)5)52(72)62-28-24-47(66-56(76)46(23-27-61)69-58(78)79-33-42-40-19-12-10-17-38(40)39-18-11-13-20-41(39)42)57(77)65-45(22-26-60)55(75)67-48(29-34(2)3)50(70)32-37(31-36-15-8-7-9-16-36)51(71)63-44(21-25-59)54(74)64-43;1-8-13-35-46(66)61-41(27-31(5)6)45(65)54-25-21-39(59-47(67)36(18-22-51)55-43(63)17-16-32(7)9-2)50(70)58-38(20-24-53)49(69)60-40(26-30(3)4)42(62)29-34(28-33-14-11-10-12-15-33)44(64)56-37(19-23-52)48(68)57-35/h7-13,15-20,34-35,37,42-49H,6,14,21-33,59-61H2,1-5H3,(H,62,72)(H,63,71)(H,64,74)(H,65,77)(H,66,76)(H,67,75)(H,68,73)(H,69,78);10-12,14-15,30-32,34-41H,8-9,13,16-29,51-53H2,1-7H3,(H,54,65)(H,55,63)(H,56,64)(H,57,68)(H,58,70)(H,59,67)(H,60,69)(H,61,66)/t37-,43-,44-,45-,46+,47-,48-,49-;32?,34-,35-,36+,37-,38-,39-,40-,41-/m00/s1. The Balaban J connectivity index is 0.000000459. The minimum atomic E-state index is -1.46. The van der Waals surface area contributed by atoms with Gasteiger partial charge in [-0.1, -0.05) is 212 Å². The maximum absolute atomic E-state index is 14.5. The highest BCUT2D eigenvalue weighted by Gasteiger charge is 2.41. The van der Waals surface area contributed by atoms with Crippen molar-refractivity contribution in [3.8, 4) is 11.1 Å². The molecule has 0 spiro atoms. The van der Waals surface area contributed by atoms with Crippen LogP contribution in [0.5, 0.6) is 0 Å². The zero-order valence-electron chi connectivity index (χ0n) is 88.9. The summed E-state index contributed by atoms with van der Waals surface area (Å²) in [7, 11) is 0. The lowest BCUT2D eigenvalue weighted by Gasteiger charge is -2.28. The Bertz CT molecular complexity index is 4970. The monoisotopic (exact) mass is 2080 g/mol. The Hall–Kier alpha value is -12.7. The highest BCUT2D eigenvalue weighted by atomic mass is 16.5. The molecule has 2 aliphatic heterocycles. The fourth-order valence-electron chi connectivity index (χ4n) is 18.1. The van der Waals surface area contributed by atoms with E-state index in [9.17, 15) is 86.3 Å². The second kappa shape index (κ2) is 66.0. The van der Waals surface area contributed by atoms with E-state index in [0.717, 1.165) is 39.8 Å². The van der Waals surface area contributed by atoms with E-state index < -0.39 is 197 Å². The van der Waals surface area contributed by atoms with Crippen molar-refractivity contribution in [3.05, 3.63) is 131 Å². The lowest BCUT2D eigenvalue weighted by atomic mass is 9.88. The van der Waals surface area contributed by atoms with Gasteiger partial charge < -0.3 is 124 Å². The number of carbonyl (C=O) groups is 18. The summed E-state index contributed by atoms with van der Waals surface area (Å²) in [4.78, 5) is 253. The van der Waals surface area contributed by atoms with E-state index in [4.69, 9.17) is 39.1 Å². The van der Waals surface area contributed by atoms with Gasteiger partial charge >= 0.3 is 6.09 Å².